The summed E-state index contributed by atoms with van der Waals surface area (Å²) < 4.78 is 6.03. The van der Waals surface area contributed by atoms with E-state index < -0.39 is 11.9 Å². The van der Waals surface area contributed by atoms with E-state index in [4.69, 9.17) is 27.9 Å². The maximum absolute atomic E-state index is 12.9. The van der Waals surface area contributed by atoms with Crippen molar-refractivity contribution in [1.82, 2.24) is 10.3 Å². The second kappa shape index (κ2) is 14.0. The van der Waals surface area contributed by atoms with Crippen LogP contribution < -0.4 is 25.6 Å². The summed E-state index contributed by atoms with van der Waals surface area (Å²) in [6.07, 6.45) is 0. The zero-order valence-electron chi connectivity index (χ0n) is 22.5. The van der Waals surface area contributed by atoms with Gasteiger partial charge in [0.25, 0.3) is 0 Å². The number of aryl methyl sites for hydroxylation is 1. The molecule has 0 saturated heterocycles. The number of para-hydroxylation sites is 1. The summed E-state index contributed by atoms with van der Waals surface area (Å²) in [6, 6.07) is 19.0. The topological polar surface area (TPSA) is 113 Å². The number of amides is 4. The van der Waals surface area contributed by atoms with Crippen LogP contribution in [0.4, 0.5) is 21.9 Å². The zero-order valence-corrected chi connectivity index (χ0v) is 24.8. The maximum Gasteiger partial charge on any atom is 0.319 e. The summed E-state index contributed by atoms with van der Waals surface area (Å²) >= 11 is 13.1. The van der Waals surface area contributed by atoms with Gasteiger partial charge in [0.05, 0.1) is 28.5 Å². The number of benzene rings is 3. The Morgan fingerprint density at radius 3 is 2.39 bits per heavy atom. The van der Waals surface area contributed by atoms with Crippen molar-refractivity contribution in [3.05, 3.63) is 88.0 Å². The van der Waals surface area contributed by atoms with Crippen LogP contribution in [-0.4, -0.2) is 36.4 Å². The Hall–Kier alpha value is -4.05. The van der Waals surface area contributed by atoms with Crippen molar-refractivity contribution < 1.29 is 19.1 Å². The molecule has 3 aromatic carbocycles. The number of nitrogens with zero attached hydrogens (tertiary/aromatic N) is 2. The third-order valence-electron chi connectivity index (χ3n) is 5.98. The van der Waals surface area contributed by atoms with Crippen LogP contribution in [0.5, 0.6) is 5.75 Å². The number of hydrogen-bond acceptors (Lipinski definition) is 5. The first-order valence-electron chi connectivity index (χ1n) is 12.3. The molecule has 0 aliphatic carbocycles. The Balaban J connectivity index is 0.00000462. The number of hydrogen-bond donors (Lipinski definition) is 3. The fourth-order valence-corrected chi connectivity index (χ4v) is 4.53. The van der Waals surface area contributed by atoms with Crippen molar-refractivity contribution in [1.29, 1.82) is 0 Å². The molecule has 0 bridgehead atoms. The molecular formula is C29H28Cl3N5O4. The molecule has 41 heavy (non-hydrogen) atoms. The number of fused-ring (bicyclic) bond motifs is 1. The molecule has 4 amide bonds. The van der Waals surface area contributed by atoms with Crippen LogP contribution in [0.2, 0.25) is 10.0 Å². The minimum absolute atomic E-state index is 0. The van der Waals surface area contributed by atoms with E-state index in [-0.39, 0.29) is 36.5 Å². The molecule has 0 fully saturated rings. The summed E-state index contributed by atoms with van der Waals surface area (Å²) in [4.78, 5) is 42.4. The summed E-state index contributed by atoms with van der Waals surface area (Å²) in [7, 11) is 1.55. The van der Waals surface area contributed by atoms with Gasteiger partial charge in [-0.05, 0) is 49.4 Å². The third kappa shape index (κ3) is 8.00. The third-order valence-corrected chi connectivity index (χ3v) is 6.76. The fourth-order valence-electron chi connectivity index (χ4n) is 3.93. The summed E-state index contributed by atoms with van der Waals surface area (Å²) in [5.41, 5.74) is 3.50. The molecule has 1 aromatic heterocycles. The lowest BCUT2D eigenvalue weighted by atomic mass is 10.1. The van der Waals surface area contributed by atoms with E-state index in [1.54, 1.807) is 43.4 Å². The van der Waals surface area contributed by atoms with Gasteiger partial charge in [-0.1, -0.05) is 47.5 Å². The predicted octanol–water partition coefficient (Wildman–Crippen LogP) is 6.59. The van der Waals surface area contributed by atoms with Crippen molar-refractivity contribution in [2.75, 3.05) is 29.1 Å². The van der Waals surface area contributed by atoms with Crippen molar-refractivity contribution in [3.63, 3.8) is 0 Å². The van der Waals surface area contributed by atoms with E-state index in [9.17, 15) is 14.4 Å². The number of urea groups is 1. The summed E-state index contributed by atoms with van der Waals surface area (Å²) in [5.74, 6) is -0.0436. The van der Waals surface area contributed by atoms with Crippen LogP contribution in [0.1, 0.15) is 18.2 Å². The predicted molar refractivity (Wildman–Crippen MR) is 166 cm³/mol. The van der Waals surface area contributed by atoms with Gasteiger partial charge in [-0.3, -0.25) is 9.59 Å². The molecule has 4 aromatic rings. The Bertz CT molecular complexity index is 1600. The van der Waals surface area contributed by atoms with E-state index in [0.29, 0.717) is 33.4 Å². The molecule has 214 valence electrons. The molecule has 0 spiro atoms. The molecule has 9 nitrogen and oxygen atoms in total. The number of likely N-dealkylation sites (N-methyl/N-ethyl adjacent to an activating group) is 1. The molecule has 1 heterocycles. The lowest BCUT2D eigenvalue weighted by Crippen LogP contribution is -2.40. The minimum Gasteiger partial charge on any atom is -0.487 e. The number of nitrogens with one attached hydrogen (secondary N) is 3. The van der Waals surface area contributed by atoms with Gasteiger partial charge in [0.2, 0.25) is 11.8 Å². The molecule has 0 radical (unpaired) electrons. The fraction of sp³-hybridized carbons (Fsp3) is 0.172. The molecule has 3 N–H and O–H groups in total. The lowest BCUT2D eigenvalue weighted by molar-refractivity contribution is -0.117. The van der Waals surface area contributed by atoms with Crippen molar-refractivity contribution in [2.45, 2.75) is 20.5 Å². The van der Waals surface area contributed by atoms with Gasteiger partial charge >= 0.3 is 6.03 Å². The number of carbonyl (C=O) groups excluding carboxylic acids is 3. The van der Waals surface area contributed by atoms with E-state index in [0.717, 1.165) is 16.6 Å². The molecule has 0 saturated carbocycles. The Morgan fingerprint density at radius 2 is 1.66 bits per heavy atom. The molecule has 4 rings (SSSR count). The maximum atomic E-state index is 12.9. The van der Waals surface area contributed by atoms with E-state index >= 15 is 0 Å². The first-order chi connectivity index (χ1) is 19.1. The Labute approximate surface area is 253 Å². The van der Waals surface area contributed by atoms with Gasteiger partial charge < -0.3 is 25.6 Å². The van der Waals surface area contributed by atoms with Crippen molar-refractivity contribution in [2.24, 2.45) is 0 Å². The summed E-state index contributed by atoms with van der Waals surface area (Å²) in [6.45, 7) is 3.02. The monoisotopic (exact) mass is 615 g/mol. The number of ether oxygens (including phenoxy) is 1. The number of anilines is 3. The highest BCUT2D eigenvalue weighted by Gasteiger charge is 2.19. The largest absolute Gasteiger partial charge is 0.487 e. The minimum atomic E-state index is -0.586. The normalized spacial score (nSPS) is 10.4. The lowest BCUT2D eigenvalue weighted by Gasteiger charge is -2.21. The Kier molecular flexibility index (Phi) is 10.8. The van der Waals surface area contributed by atoms with Gasteiger partial charge in [0.1, 0.15) is 12.4 Å². The van der Waals surface area contributed by atoms with E-state index in [2.05, 4.69) is 20.9 Å². The highest BCUT2D eigenvalue weighted by Crippen LogP contribution is 2.35. The van der Waals surface area contributed by atoms with Crippen LogP contribution in [-0.2, 0) is 16.2 Å². The molecule has 0 aliphatic heterocycles. The van der Waals surface area contributed by atoms with Crippen LogP contribution >= 0.6 is 35.6 Å². The zero-order chi connectivity index (χ0) is 28.8. The molecule has 0 atom stereocenters. The van der Waals surface area contributed by atoms with Crippen molar-refractivity contribution in [3.8, 4) is 5.75 Å². The molecule has 0 aliphatic rings. The highest BCUT2D eigenvalue weighted by atomic mass is 35.5. The number of halogens is 3. The summed E-state index contributed by atoms with van der Waals surface area (Å²) in [5, 5.41) is 9.38. The second-order valence-electron chi connectivity index (χ2n) is 8.93. The average Bonchev–Trinajstić information content (AvgIpc) is 2.91. The Morgan fingerprint density at radius 1 is 0.951 bits per heavy atom. The van der Waals surface area contributed by atoms with Gasteiger partial charge in [0, 0.05) is 41.3 Å². The van der Waals surface area contributed by atoms with Gasteiger partial charge in [-0.25, -0.2) is 9.78 Å². The second-order valence-corrected chi connectivity index (χ2v) is 9.72. The standard InChI is InChI=1S/C29H27Cl2N5O4.ClH/c1-17-26(13-19-7-4-5-10-24(19)33-17)40-16-22-23(30)11-12-25(28(22)31)36(3)27(38)15-32-29(39)35-21-9-6-8-20(14-21)34-18(2)37;/h4-14H,15-16H2,1-3H3,(H,34,37)(H2,32,35,39);1H. The van der Waals surface area contributed by atoms with Gasteiger partial charge in [-0.2, -0.15) is 0 Å². The molecule has 0 unspecified atom stereocenters. The SMILES string of the molecule is CC(=O)Nc1cccc(NC(=O)NCC(=O)N(C)c2ccc(Cl)c(COc3cc4ccccc4nc3C)c2Cl)c1.Cl. The number of carbonyl (C=O) groups is 3. The van der Waals surface area contributed by atoms with Gasteiger partial charge in [0.15, 0.2) is 0 Å². The van der Waals surface area contributed by atoms with Crippen LogP contribution in [0.3, 0.4) is 0 Å². The smallest absolute Gasteiger partial charge is 0.319 e. The highest BCUT2D eigenvalue weighted by molar-refractivity contribution is 6.38. The number of rotatable bonds is 8. The van der Waals surface area contributed by atoms with Crippen LogP contribution in [0.15, 0.2) is 66.7 Å². The van der Waals surface area contributed by atoms with Crippen LogP contribution in [0, 0.1) is 6.92 Å². The average molecular weight is 617 g/mol. The van der Waals surface area contributed by atoms with Crippen molar-refractivity contribution >= 4 is 81.4 Å². The molecular weight excluding hydrogens is 589 g/mol. The number of pyridine rings is 1. The number of aromatic nitrogens is 1. The van der Waals surface area contributed by atoms with Gasteiger partial charge in [-0.15, -0.1) is 12.4 Å². The first kappa shape index (κ1) is 31.5. The quantitative estimate of drug-likeness (QED) is 0.207. The first-order valence-corrected chi connectivity index (χ1v) is 13.0. The van der Waals surface area contributed by atoms with E-state index in [1.807, 2.05) is 37.3 Å². The molecule has 12 heteroatoms. The van der Waals surface area contributed by atoms with Crippen LogP contribution in [0.25, 0.3) is 10.9 Å². The van der Waals surface area contributed by atoms with E-state index in [1.165, 1.54) is 11.8 Å².